The third-order valence-corrected chi connectivity index (χ3v) is 5.37. The van der Waals surface area contributed by atoms with Gasteiger partial charge in [0, 0.05) is 36.0 Å². The van der Waals surface area contributed by atoms with Gasteiger partial charge in [0.25, 0.3) is 0 Å². The summed E-state index contributed by atoms with van der Waals surface area (Å²) in [5, 5.41) is 5.43. The number of amides is 4. The second-order valence-electron chi connectivity index (χ2n) is 7.66. The van der Waals surface area contributed by atoms with Crippen LogP contribution in [0.2, 0.25) is 0 Å². The summed E-state index contributed by atoms with van der Waals surface area (Å²) < 4.78 is 5.09. The van der Waals surface area contributed by atoms with Crippen LogP contribution in [0.15, 0.2) is 48.5 Å². The van der Waals surface area contributed by atoms with Gasteiger partial charge in [-0.2, -0.15) is 0 Å². The van der Waals surface area contributed by atoms with Gasteiger partial charge >= 0.3 is 6.03 Å². The SMILES string of the molecule is COc1ccc(NC(=O)CN2C(=O)CCCN(c3nc4ccccc4[nH]3)CCNC2=O)cc1.[HH].[HH].[HH]. The fourth-order valence-electron chi connectivity index (χ4n) is 3.65. The molecule has 0 atom stereocenters. The second kappa shape index (κ2) is 10.0. The number of carbonyl (C=O) groups excluding carboxylic acids is 3. The Morgan fingerprint density at radius 1 is 1.15 bits per heavy atom. The molecule has 1 aromatic heterocycles. The number of aromatic amines is 1. The molecule has 2 aromatic carbocycles. The number of aromatic nitrogens is 2. The number of ether oxygens (including phenoxy) is 1. The molecule has 0 saturated carbocycles. The number of carbonyl (C=O) groups is 3. The minimum absolute atomic E-state index is 0. The molecule has 1 aliphatic heterocycles. The quantitative estimate of drug-likeness (QED) is 0.543. The Hall–Kier alpha value is -4.08. The van der Waals surface area contributed by atoms with E-state index in [1.807, 2.05) is 29.2 Å². The summed E-state index contributed by atoms with van der Waals surface area (Å²) in [5.41, 5.74) is 2.34. The van der Waals surface area contributed by atoms with Crippen LogP contribution in [0.3, 0.4) is 0 Å². The van der Waals surface area contributed by atoms with Gasteiger partial charge in [0.1, 0.15) is 12.3 Å². The van der Waals surface area contributed by atoms with Crippen LogP contribution < -0.4 is 20.3 Å². The van der Waals surface area contributed by atoms with Crippen molar-refractivity contribution in [3.05, 3.63) is 48.5 Å². The summed E-state index contributed by atoms with van der Waals surface area (Å²) in [7, 11) is 1.56. The molecule has 3 aromatic rings. The Bertz CT molecular complexity index is 1100. The largest absolute Gasteiger partial charge is 0.497 e. The molecule has 33 heavy (non-hydrogen) atoms. The van der Waals surface area contributed by atoms with Crippen LogP contribution in [-0.4, -0.2) is 66.0 Å². The van der Waals surface area contributed by atoms with Gasteiger partial charge in [-0.1, -0.05) is 12.1 Å². The van der Waals surface area contributed by atoms with Gasteiger partial charge in [-0.15, -0.1) is 0 Å². The number of H-pyrrole nitrogens is 1. The number of imidazole rings is 1. The van der Waals surface area contributed by atoms with E-state index >= 15 is 0 Å². The van der Waals surface area contributed by atoms with Crippen LogP contribution in [0.1, 0.15) is 17.1 Å². The summed E-state index contributed by atoms with van der Waals surface area (Å²) in [6, 6.07) is 14.0. The predicted octanol–water partition coefficient (Wildman–Crippen LogP) is 3.09. The second-order valence-corrected chi connectivity index (χ2v) is 7.66. The minimum Gasteiger partial charge on any atom is -0.497 e. The van der Waals surface area contributed by atoms with Crippen molar-refractivity contribution in [3.8, 4) is 5.75 Å². The van der Waals surface area contributed by atoms with Crippen molar-refractivity contribution < 1.29 is 23.4 Å². The first-order chi connectivity index (χ1) is 16.0. The maximum Gasteiger partial charge on any atom is 0.324 e. The van der Waals surface area contributed by atoms with Crippen molar-refractivity contribution in [1.82, 2.24) is 20.2 Å². The molecular formula is C23H32N6O4. The topological polar surface area (TPSA) is 120 Å². The van der Waals surface area contributed by atoms with E-state index in [0.717, 1.165) is 15.9 Å². The monoisotopic (exact) mass is 456 g/mol. The number of methoxy groups -OCH3 is 1. The number of fused-ring (bicyclic) bond motifs is 1. The average molecular weight is 457 g/mol. The van der Waals surface area contributed by atoms with Gasteiger partial charge in [0.05, 0.1) is 18.1 Å². The molecule has 0 unspecified atom stereocenters. The molecule has 0 radical (unpaired) electrons. The van der Waals surface area contributed by atoms with E-state index in [0.29, 0.717) is 43.4 Å². The van der Waals surface area contributed by atoms with Crippen molar-refractivity contribution >= 4 is 40.5 Å². The fourth-order valence-corrected chi connectivity index (χ4v) is 3.65. The lowest BCUT2D eigenvalue weighted by molar-refractivity contribution is -0.131. The Kier molecular flexibility index (Phi) is 6.72. The first-order valence-corrected chi connectivity index (χ1v) is 10.8. The number of urea groups is 1. The standard InChI is InChI=1S/C23H26N6O4.3H2/c1-33-17-10-8-16(9-11-17)25-20(30)15-29-21(31)7-4-13-28(14-12-24-23(29)32)22-26-18-5-2-3-6-19(18)27-22;;;/h2-3,5-6,8-11H,4,7,12-15H2,1H3,(H,24,32)(H,25,30)(H,26,27);3*1H. The summed E-state index contributed by atoms with van der Waals surface area (Å²) in [5.74, 6) is 0.512. The summed E-state index contributed by atoms with van der Waals surface area (Å²) in [6.07, 6.45) is 0.666. The van der Waals surface area contributed by atoms with Gasteiger partial charge < -0.3 is 25.3 Å². The first-order valence-electron chi connectivity index (χ1n) is 10.8. The van der Waals surface area contributed by atoms with Gasteiger partial charge in [0.2, 0.25) is 17.8 Å². The maximum atomic E-state index is 12.7. The lowest BCUT2D eigenvalue weighted by Crippen LogP contribution is -2.50. The van der Waals surface area contributed by atoms with Crippen LogP contribution in [-0.2, 0) is 9.59 Å². The van der Waals surface area contributed by atoms with Crippen molar-refractivity contribution in [3.63, 3.8) is 0 Å². The summed E-state index contributed by atoms with van der Waals surface area (Å²) in [6.45, 7) is 1.06. The molecule has 178 valence electrons. The Morgan fingerprint density at radius 2 is 1.94 bits per heavy atom. The lowest BCUT2D eigenvalue weighted by Gasteiger charge is -2.27. The highest BCUT2D eigenvalue weighted by molar-refractivity contribution is 6.01. The number of nitrogens with zero attached hydrogens (tertiary/aromatic N) is 3. The van der Waals surface area contributed by atoms with Crippen LogP contribution >= 0.6 is 0 Å². The molecule has 3 N–H and O–H groups in total. The normalized spacial score (nSPS) is 15.3. The van der Waals surface area contributed by atoms with Crippen molar-refractivity contribution in [2.75, 3.05) is 43.5 Å². The van der Waals surface area contributed by atoms with E-state index in [9.17, 15) is 14.4 Å². The molecule has 4 rings (SSSR count). The number of hydrogen-bond acceptors (Lipinski definition) is 6. The molecule has 0 spiro atoms. The molecule has 1 aliphatic rings. The van der Waals surface area contributed by atoms with Gasteiger partial charge in [0.15, 0.2) is 0 Å². The number of para-hydroxylation sites is 2. The zero-order valence-electron chi connectivity index (χ0n) is 18.3. The highest BCUT2D eigenvalue weighted by Gasteiger charge is 2.25. The Labute approximate surface area is 195 Å². The molecule has 1 fully saturated rings. The zero-order chi connectivity index (χ0) is 23.2. The number of nitrogens with one attached hydrogen (secondary N) is 3. The number of hydrogen-bond donors (Lipinski definition) is 3. The highest BCUT2D eigenvalue weighted by atomic mass is 16.5. The highest BCUT2D eigenvalue weighted by Crippen LogP contribution is 2.18. The van der Waals surface area contributed by atoms with Crippen LogP contribution in [0.5, 0.6) is 5.75 Å². The lowest BCUT2D eigenvalue weighted by atomic mass is 10.2. The smallest absolute Gasteiger partial charge is 0.324 e. The van der Waals surface area contributed by atoms with Crippen molar-refractivity contribution in [2.24, 2.45) is 0 Å². The van der Waals surface area contributed by atoms with Crippen molar-refractivity contribution in [2.45, 2.75) is 12.8 Å². The van der Waals surface area contributed by atoms with Gasteiger partial charge in [-0.25, -0.2) is 9.78 Å². The third kappa shape index (κ3) is 5.40. The van der Waals surface area contributed by atoms with E-state index in [2.05, 4.69) is 20.6 Å². The molecule has 0 aliphatic carbocycles. The number of anilines is 2. The fraction of sp³-hybridized carbons (Fsp3) is 0.304. The number of imide groups is 1. The molecule has 0 bridgehead atoms. The van der Waals surface area contributed by atoms with E-state index in [1.165, 1.54) is 0 Å². The first kappa shape index (κ1) is 22.1. The van der Waals surface area contributed by atoms with E-state index in [-0.39, 0.29) is 17.2 Å². The van der Waals surface area contributed by atoms with E-state index in [1.54, 1.807) is 31.4 Å². The van der Waals surface area contributed by atoms with Crippen LogP contribution in [0.4, 0.5) is 16.4 Å². The predicted molar refractivity (Wildman–Crippen MR) is 131 cm³/mol. The third-order valence-electron chi connectivity index (χ3n) is 5.37. The molecule has 10 nitrogen and oxygen atoms in total. The molecule has 2 heterocycles. The number of rotatable bonds is 5. The Morgan fingerprint density at radius 3 is 2.70 bits per heavy atom. The van der Waals surface area contributed by atoms with Crippen LogP contribution in [0.25, 0.3) is 11.0 Å². The van der Waals surface area contributed by atoms with E-state index < -0.39 is 17.8 Å². The van der Waals surface area contributed by atoms with Crippen LogP contribution in [0, 0.1) is 0 Å². The molecule has 10 heteroatoms. The summed E-state index contributed by atoms with van der Waals surface area (Å²) in [4.78, 5) is 48.7. The minimum atomic E-state index is -0.587. The number of benzene rings is 2. The maximum absolute atomic E-state index is 12.7. The summed E-state index contributed by atoms with van der Waals surface area (Å²) >= 11 is 0. The molecule has 4 amide bonds. The average Bonchev–Trinajstić information content (AvgIpc) is 3.25. The molecule has 1 saturated heterocycles. The van der Waals surface area contributed by atoms with Gasteiger partial charge in [-0.3, -0.25) is 14.5 Å². The van der Waals surface area contributed by atoms with Crippen molar-refractivity contribution in [1.29, 1.82) is 0 Å². The van der Waals surface area contributed by atoms with Gasteiger partial charge in [-0.05, 0) is 42.8 Å². The van der Waals surface area contributed by atoms with E-state index in [4.69, 9.17) is 4.74 Å². The Balaban J connectivity index is 0.00000216. The zero-order valence-corrected chi connectivity index (χ0v) is 18.3. The molecular weight excluding hydrogens is 424 g/mol.